The van der Waals surface area contributed by atoms with Crippen molar-refractivity contribution in [2.75, 3.05) is 0 Å². The molecule has 0 spiro atoms. The summed E-state index contributed by atoms with van der Waals surface area (Å²) in [5.74, 6) is -0.914. The number of carbonyl (C=O) groups is 1. The minimum Gasteiger partial charge on any atom is -0.348 e. The third-order valence-corrected chi connectivity index (χ3v) is 4.19. The van der Waals surface area contributed by atoms with Gasteiger partial charge in [0.1, 0.15) is 5.82 Å². The van der Waals surface area contributed by atoms with Crippen molar-refractivity contribution >= 4 is 21.8 Å². The normalized spacial score (nSPS) is 23.7. The van der Waals surface area contributed by atoms with Crippen LogP contribution in [0, 0.1) is 5.82 Å². The maximum Gasteiger partial charge on any atom is 0.254 e. The first-order valence-corrected chi connectivity index (χ1v) is 7.39. The molecule has 1 aromatic carbocycles. The van der Waals surface area contributed by atoms with E-state index in [9.17, 15) is 9.18 Å². The second-order valence-electron chi connectivity index (χ2n) is 4.98. The van der Waals surface area contributed by atoms with E-state index in [0.717, 1.165) is 32.1 Å². The minimum absolute atomic E-state index is 0.0401. The number of amides is 1. The average molecular weight is 329 g/mol. The quantitative estimate of drug-likeness (QED) is 0.820. The highest BCUT2D eigenvalue weighted by molar-refractivity contribution is 9.10. The molecule has 0 aliphatic heterocycles. The number of carbonyl (C=O) groups excluding carboxylic acids is 1. The number of halogens is 2. The molecule has 1 fully saturated rings. The van der Waals surface area contributed by atoms with Crippen LogP contribution < -0.4 is 11.1 Å². The van der Waals surface area contributed by atoms with Gasteiger partial charge in [-0.15, -0.1) is 0 Å². The third-order valence-electron chi connectivity index (χ3n) is 3.58. The van der Waals surface area contributed by atoms with Crippen LogP contribution in [-0.4, -0.2) is 18.0 Å². The molecular weight excluding hydrogens is 311 g/mol. The SMILES string of the molecule is NC1CCCCCC1NC(=O)c1cccc(Br)c1F. The molecule has 2 unspecified atom stereocenters. The molecule has 1 aromatic rings. The number of nitrogens with one attached hydrogen (secondary N) is 1. The second kappa shape index (κ2) is 6.48. The Kier molecular flexibility index (Phi) is 4.93. The fraction of sp³-hybridized carbons (Fsp3) is 0.500. The maximum atomic E-state index is 13.8. The summed E-state index contributed by atoms with van der Waals surface area (Å²) in [6.45, 7) is 0. The zero-order chi connectivity index (χ0) is 13.8. The smallest absolute Gasteiger partial charge is 0.254 e. The fourth-order valence-electron chi connectivity index (χ4n) is 2.44. The summed E-state index contributed by atoms with van der Waals surface area (Å²) >= 11 is 3.08. The van der Waals surface area contributed by atoms with E-state index in [4.69, 9.17) is 5.73 Å². The van der Waals surface area contributed by atoms with Gasteiger partial charge in [0.15, 0.2) is 0 Å². The van der Waals surface area contributed by atoms with E-state index in [-0.39, 0.29) is 23.6 Å². The molecule has 1 amide bonds. The van der Waals surface area contributed by atoms with Gasteiger partial charge in [-0.05, 0) is 40.9 Å². The largest absolute Gasteiger partial charge is 0.348 e. The molecule has 0 bridgehead atoms. The minimum atomic E-state index is -0.526. The molecule has 0 radical (unpaired) electrons. The van der Waals surface area contributed by atoms with E-state index in [1.54, 1.807) is 12.1 Å². The monoisotopic (exact) mass is 328 g/mol. The van der Waals surface area contributed by atoms with Crippen LogP contribution in [0.2, 0.25) is 0 Å². The van der Waals surface area contributed by atoms with Gasteiger partial charge in [0.25, 0.3) is 5.91 Å². The Morgan fingerprint density at radius 3 is 2.84 bits per heavy atom. The van der Waals surface area contributed by atoms with Crippen LogP contribution >= 0.6 is 15.9 Å². The molecule has 1 saturated carbocycles. The van der Waals surface area contributed by atoms with Crippen molar-refractivity contribution in [2.45, 2.75) is 44.2 Å². The van der Waals surface area contributed by atoms with Crippen molar-refractivity contribution in [2.24, 2.45) is 5.73 Å². The van der Waals surface area contributed by atoms with E-state index in [2.05, 4.69) is 21.2 Å². The number of rotatable bonds is 2. The highest BCUT2D eigenvalue weighted by Crippen LogP contribution is 2.20. The molecule has 1 aliphatic rings. The van der Waals surface area contributed by atoms with Crippen molar-refractivity contribution in [1.29, 1.82) is 0 Å². The molecule has 0 heterocycles. The Bertz CT molecular complexity index is 467. The molecule has 19 heavy (non-hydrogen) atoms. The van der Waals surface area contributed by atoms with Crippen LogP contribution in [0.25, 0.3) is 0 Å². The van der Waals surface area contributed by atoms with Gasteiger partial charge in [-0.25, -0.2) is 4.39 Å². The van der Waals surface area contributed by atoms with E-state index in [1.165, 1.54) is 6.07 Å². The standard InChI is InChI=1S/C14H18BrFN2O/c15-10-6-4-5-9(13(10)16)14(19)18-12-8-3-1-2-7-11(12)17/h4-6,11-12H,1-3,7-8,17H2,(H,18,19). The fourth-order valence-corrected chi connectivity index (χ4v) is 2.81. The molecule has 2 rings (SSSR count). The van der Waals surface area contributed by atoms with Gasteiger partial charge < -0.3 is 11.1 Å². The van der Waals surface area contributed by atoms with Crippen molar-refractivity contribution in [3.8, 4) is 0 Å². The third kappa shape index (κ3) is 3.54. The summed E-state index contributed by atoms with van der Waals surface area (Å²) in [6, 6.07) is 4.60. The van der Waals surface area contributed by atoms with Crippen molar-refractivity contribution < 1.29 is 9.18 Å². The van der Waals surface area contributed by atoms with Crippen LogP contribution in [0.15, 0.2) is 22.7 Å². The molecule has 3 nitrogen and oxygen atoms in total. The highest BCUT2D eigenvalue weighted by Gasteiger charge is 2.23. The lowest BCUT2D eigenvalue weighted by Gasteiger charge is -2.22. The van der Waals surface area contributed by atoms with Crippen LogP contribution in [0.4, 0.5) is 4.39 Å². The highest BCUT2D eigenvalue weighted by atomic mass is 79.9. The zero-order valence-electron chi connectivity index (χ0n) is 10.7. The molecule has 0 saturated heterocycles. The number of nitrogens with two attached hydrogens (primary N) is 1. The van der Waals surface area contributed by atoms with Crippen LogP contribution in [0.3, 0.4) is 0 Å². The summed E-state index contributed by atoms with van der Waals surface area (Å²) in [5.41, 5.74) is 6.12. The first kappa shape index (κ1) is 14.5. The Labute approximate surface area is 120 Å². The van der Waals surface area contributed by atoms with Gasteiger partial charge in [0.2, 0.25) is 0 Å². The summed E-state index contributed by atoms with van der Waals surface area (Å²) in [4.78, 5) is 12.1. The van der Waals surface area contributed by atoms with Crippen LogP contribution in [0.1, 0.15) is 42.5 Å². The van der Waals surface area contributed by atoms with Crippen molar-refractivity contribution in [3.05, 3.63) is 34.1 Å². The molecule has 5 heteroatoms. The molecule has 2 atom stereocenters. The van der Waals surface area contributed by atoms with E-state index in [1.807, 2.05) is 0 Å². The molecule has 0 aromatic heterocycles. The Balaban J connectivity index is 2.09. The predicted octanol–water partition coefficient (Wildman–Crippen LogP) is 2.98. The number of hydrogen-bond acceptors (Lipinski definition) is 2. The molecule has 104 valence electrons. The summed E-state index contributed by atoms with van der Waals surface area (Å²) < 4.78 is 14.1. The molecular formula is C14H18BrFN2O. The van der Waals surface area contributed by atoms with Gasteiger partial charge in [0, 0.05) is 12.1 Å². The molecule has 1 aliphatic carbocycles. The van der Waals surface area contributed by atoms with Gasteiger partial charge >= 0.3 is 0 Å². The maximum absolute atomic E-state index is 13.8. The average Bonchev–Trinajstić information content (AvgIpc) is 2.58. The predicted molar refractivity (Wildman–Crippen MR) is 76.4 cm³/mol. The number of benzene rings is 1. The first-order valence-electron chi connectivity index (χ1n) is 6.60. The van der Waals surface area contributed by atoms with Gasteiger partial charge in [0.05, 0.1) is 10.0 Å². The van der Waals surface area contributed by atoms with Crippen LogP contribution in [-0.2, 0) is 0 Å². The van der Waals surface area contributed by atoms with Gasteiger partial charge in [-0.3, -0.25) is 4.79 Å². The van der Waals surface area contributed by atoms with Crippen molar-refractivity contribution in [3.63, 3.8) is 0 Å². The number of hydrogen-bond donors (Lipinski definition) is 2. The lowest BCUT2D eigenvalue weighted by molar-refractivity contribution is 0.0924. The van der Waals surface area contributed by atoms with E-state index >= 15 is 0 Å². The second-order valence-corrected chi connectivity index (χ2v) is 5.84. The van der Waals surface area contributed by atoms with Crippen LogP contribution in [0.5, 0.6) is 0 Å². The summed E-state index contributed by atoms with van der Waals surface area (Å²) in [7, 11) is 0. The summed E-state index contributed by atoms with van der Waals surface area (Å²) in [5, 5.41) is 2.87. The Morgan fingerprint density at radius 1 is 1.32 bits per heavy atom. The zero-order valence-corrected chi connectivity index (χ0v) is 12.2. The Hall–Kier alpha value is -0.940. The van der Waals surface area contributed by atoms with E-state index in [0.29, 0.717) is 4.47 Å². The first-order chi connectivity index (χ1) is 9.09. The topological polar surface area (TPSA) is 55.1 Å². The summed E-state index contributed by atoms with van der Waals surface area (Å²) in [6.07, 6.45) is 5.07. The van der Waals surface area contributed by atoms with E-state index < -0.39 is 5.82 Å². The van der Waals surface area contributed by atoms with Gasteiger partial charge in [-0.1, -0.05) is 25.3 Å². The lowest BCUT2D eigenvalue weighted by Crippen LogP contribution is -2.47. The lowest BCUT2D eigenvalue weighted by atomic mass is 10.0. The van der Waals surface area contributed by atoms with Gasteiger partial charge in [-0.2, -0.15) is 0 Å². The molecule has 3 N–H and O–H groups in total. The Morgan fingerprint density at radius 2 is 2.05 bits per heavy atom. The van der Waals surface area contributed by atoms with Crippen molar-refractivity contribution in [1.82, 2.24) is 5.32 Å².